The van der Waals surface area contributed by atoms with Gasteiger partial charge in [-0.3, -0.25) is 0 Å². The van der Waals surface area contributed by atoms with Crippen LogP contribution in [0.2, 0.25) is 0 Å². The summed E-state index contributed by atoms with van der Waals surface area (Å²) in [5.41, 5.74) is 4.55. The first kappa shape index (κ1) is 22.4. The lowest BCUT2D eigenvalue weighted by Gasteiger charge is -2.18. The zero-order valence-electron chi connectivity index (χ0n) is 18.5. The first-order valence-corrected chi connectivity index (χ1v) is 10.3. The lowest BCUT2D eigenvalue weighted by molar-refractivity contribution is 0.0750. The number of hydrogen-bond donors (Lipinski definition) is 0. The molecule has 0 fully saturated rings. The Kier molecular flexibility index (Phi) is 8.13. The maximum absolute atomic E-state index is 6.07. The number of ether oxygens (including phenoxy) is 4. The largest absolute Gasteiger partial charge is 0.493 e. The molecule has 0 aliphatic heterocycles. The van der Waals surface area contributed by atoms with E-state index in [1.807, 2.05) is 18.2 Å². The molecule has 31 heavy (non-hydrogen) atoms. The summed E-state index contributed by atoms with van der Waals surface area (Å²) in [6.45, 7) is 4.32. The standard InChI is InChI=1S/C27H30O4/c1-5-14-31-24(16-20-10-7-6-8-11-20)17-21-12-9-13-22(15-21)23-18-25(28-2)27(30-4)26(19-23)29-3/h5-13,15,18-19,24H,1,14,16-17H2,2-4H3. The highest BCUT2D eigenvalue weighted by molar-refractivity contribution is 5.71. The second-order valence-corrected chi connectivity index (χ2v) is 7.25. The van der Waals surface area contributed by atoms with E-state index in [0.717, 1.165) is 24.0 Å². The Labute approximate surface area is 185 Å². The van der Waals surface area contributed by atoms with E-state index in [2.05, 4.69) is 55.1 Å². The van der Waals surface area contributed by atoms with E-state index < -0.39 is 0 Å². The van der Waals surface area contributed by atoms with Crippen molar-refractivity contribution in [2.24, 2.45) is 0 Å². The van der Waals surface area contributed by atoms with Crippen molar-refractivity contribution in [3.05, 3.63) is 90.5 Å². The van der Waals surface area contributed by atoms with E-state index in [-0.39, 0.29) is 6.10 Å². The lowest BCUT2D eigenvalue weighted by Crippen LogP contribution is -2.19. The molecule has 1 atom stereocenters. The van der Waals surface area contributed by atoms with Crippen LogP contribution in [0.25, 0.3) is 11.1 Å². The summed E-state index contributed by atoms with van der Waals surface area (Å²) in [5.74, 6) is 1.86. The second-order valence-electron chi connectivity index (χ2n) is 7.25. The lowest BCUT2D eigenvalue weighted by atomic mass is 9.97. The van der Waals surface area contributed by atoms with Crippen molar-refractivity contribution in [2.75, 3.05) is 27.9 Å². The molecule has 0 aliphatic rings. The Balaban J connectivity index is 1.87. The minimum atomic E-state index is 0.0654. The van der Waals surface area contributed by atoms with E-state index >= 15 is 0 Å². The van der Waals surface area contributed by atoms with Gasteiger partial charge in [-0.2, -0.15) is 0 Å². The van der Waals surface area contributed by atoms with Gasteiger partial charge in [-0.15, -0.1) is 6.58 Å². The van der Waals surface area contributed by atoms with Crippen LogP contribution in [0.3, 0.4) is 0 Å². The van der Waals surface area contributed by atoms with Crippen LogP contribution < -0.4 is 14.2 Å². The van der Waals surface area contributed by atoms with E-state index in [1.54, 1.807) is 27.4 Å². The monoisotopic (exact) mass is 418 g/mol. The van der Waals surface area contributed by atoms with Gasteiger partial charge in [0.2, 0.25) is 5.75 Å². The molecule has 0 aromatic heterocycles. The van der Waals surface area contributed by atoms with Crippen molar-refractivity contribution in [2.45, 2.75) is 18.9 Å². The maximum atomic E-state index is 6.07. The number of hydrogen-bond acceptors (Lipinski definition) is 4. The van der Waals surface area contributed by atoms with E-state index in [0.29, 0.717) is 23.9 Å². The van der Waals surface area contributed by atoms with Crippen molar-refractivity contribution in [3.8, 4) is 28.4 Å². The van der Waals surface area contributed by atoms with Crippen LogP contribution in [0, 0.1) is 0 Å². The Morgan fingerprint density at radius 2 is 1.39 bits per heavy atom. The Morgan fingerprint density at radius 3 is 2.00 bits per heavy atom. The van der Waals surface area contributed by atoms with Gasteiger partial charge in [-0.05, 0) is 47.2 Å². The molecule has 0 radical (unpaired) electrons. The number of methoxy groups -OCH3 is 3. The summed E-state index contributed by atoms with van der Waals surface area (Å²) < 4.78 is 22.5. The Bertz CT molecular complexity index is 957. The maximum Gasteiger partial charge on any atom is 0.203 e. The van der Waals surface area contributed by atoms with Crippen LogP contribution in [0.4, 0.5) is 0 Å². The van der Waals surface area contributed by atoms with Crippen LogP contribution in [-0.4, -0.2) is 34.0 Å². The van der Waals surface area contributed by atoms with Gasteiger partial charge in [-0.25, -0.2) is 0 Å². The van der Waals surface area contributed by atoms with Gasteiger partial charge in [-0.1, -0.05) is 60.7 Å². The molecular formula is C27H30O4. The summed E-state index contributed by atoms with van der Waals surface area (Å²) in [5, 5.41) is 0. The Morgan fingerprint density at radius 1 is 0.742 bits per heavy atom. The molecule has 0 saturated carbocycles. The summed E-state index contributed by atoms with van der Waals surface area (Å²) >= 11 is 0. The molecule has 0 saturated heterocycles. The Hall–Kier alpha value is -3.24. The molecule has 4 heteroatoms. The molecular weight excluding hydrogens is 388 g/mol. The predicted octanol–water partition coefficient (Wildman–Crippen LogP) is 5.74. The average molecular weight is 419 g/mol. The highest BCUT2D eigenvalue weighted by Gasteiger charge is 2.15. The molecule has 0 spiro atoms. The molecule has 3 aromatic rings. The zero-order chi connectivity index (χ0) is 22.1. The van der Waals surface area contributed by atoms with E-state index in [1.165, 1.54) is 11.1 Å². The molecule has 0 heterocycles. The van der Waals surface area contributed by atoms with Gasteiger partial charge >= 0.3 is 0 Å². The topological polar surface area (TPSA) is 36.9 Å². The van der Waals surface area contributed by atoms with Crippen molar-refractivity contribution < 1.29 is 18.9 Å². The zero-order valence-corrected chi connectivity index (χ0v) is 18.5. The molecule has 0 aliphatic carbocycles. The summed E-state index contributed by atoms with van der Waals surface area (Å²) in [7, 11) is 4.86. The molecule has 3 rings (SSSR count). The van der Waals surface area contributed by atoms with Crippen LogP contribution in [0.1, 0.15) is 11.1 Å². The quantitative estimate of drug-likeness (QED) is 0.372. The minimum absolute atomic E-state index is 0.0654. The molecule has 162 valence electrons. The van der Waals surface area contributed by atoms with Gasteiger partial charge in [0.05, 0.1) is 34.0 Å². The predicted molar refractivity (Wildman–Crippen MR) is 125 cm³/mol. The fourth-order valence-electron chi connectivity index (χ4n) is 3.66. The van der Waals surface area contributed by atoms with Crippen molar-refractivity contribution >= 4 is 0 Å². The minimum Gasteiger partial charge on any atom is -0.493 e. The number of benzene rings is 3. The van der Waals surface area contributed by atoms with Gasteiger partial charge in [0.15, 0.2) is 11.5 Å². The summed E-state index contributed by atoms with van der Waals surface area (Å²) in [6, 6.07) is 22.8. The first-order valence-electron chi connectivity index (χ1n) is 10.3. The van der Waals surface area contributed by atoms with Crippen molar-refractivity contribution in [1.82, 2.24) is 0 Å². The fourth-order valence-corrected chi connectivity index (χ4v) is 3.66. The molecule has 0 N–H and O–H groups in total. The SMILES string of the molecule is C=CCOC(Cc1ccccc1)Cc1cccc(-c2cc(OC)c(OC)c(OC)c2)c1. The molecule has 3 aromatic carbocycles. The third-order valence-electron chi connectivity index (χ3n) is 5.14. The van der Waals surface area contributed by atoms with Crippen LogP contribution >= 0.6 is 0 Å². The first-order chi connectivity index (χ1) is 15.2. The van der Waals surface area contributed by atoms with Crippen molar-refractivity contribution in [1.29, 1.82) is 0 Å². The van der Waals surface area contributed by atoms with Gasteiger partial charge in [0.1, 0.15) is 0 Å². The molecule has 0 amide bonds. The smallest absolute Gasteiger partial charge is 0.203 e. The van der Waals surface area contributed by atoms with E-state index in [9.17, 15) is 0 Å². The van der Waals surface area contributed by atoms with Crippen LogP contribution in [-0.2, 0) is 17.6 Å². The average Bonchev–Trinajstić information content (AvgIpc) is 2.82. The van der Waals surface area contributed by atoms with Crippen LogP contribution in [0.15, 0.2) is 79.4 Å². The summed E-state index contributed by atoms with van der Waals surface area (Å²) in [6.07, 6.45) is 3.52. The van der Waals surface area contributed by atoms with Crippen LogP contribution in [0.5, 0.6) is 17.2 Å². The molecule has 0 bridgehead atoms. The summed E-state index contributed by atoms with van der Waals surface area (Å²) in [4.78, 5) is 0. The second kappa shape index (κ2) is 11.2. The highest BCUT2D eigenvalue weighted by atomic mass is 16.5. The number of rotatable bonds is 11. The van der Waals surface area contributed by atoms with Gasteiger partial charge in [0, 0.05) is 0 Å². The van der Waals surface area contributed by atoms with Crippen molar-refractivity contribution in [3.63, 3.8) is 0 Å². The van der Waals surface area contributed by atoms with E-state index in [4.69, 9.17) is 18.9 Å². The third-order valence-corrected chi connectivity index (χ3v) is 5.14. The fraction of sp³-hybridized carbons (Fsp3) is 0.259. The highest BCUT2D eigenvalue weighted by Crippen LogP contribution is 2.41. The molecule has 1 unspecified atom stereocenters. The van der Waals surface area contributed by atoms with Gasteiger partial charge < -0.3 is 18.9 Å². The molecule has 4 nitrogen and oxygen atoms in total. The van der Waals surface area contributed by atoms with Gasteiger partial charge in [0.25, 0.3) is 0 Å². The normalized spacial score (nSPS) is 11.6. The third kappa shape index (κ3) is 5.89.